The molecule has 116 valence electrons. The van der Waals surface area contributed by atoms with Crippen molar-refractivity contribution in [2.24, 2.45) is 5.92 Å². The van der Waals surface area contributed by atoms with Gasteiger partial charge < -0.3 is 15.8 Å². The van der Waals surface area contributed by atoms with Crippen molar-refractivity contribution in [3.8, 4) is 17.0 Å². The predicted molar refractivity (Wildman–Crippen MR) is 89.3 cm³/mol. The maximum atomic E-state index is 6.32. The van der Waals surface area contributed by atoms with Crippen LogP contribution in [0.3, 0.4) is 0 Å². The number of benzene rings is 1. The SMILES string of the molecule is COc1ccc(-c2ncnc(N[C@H](C)C3CC3)c2N)c(Cl)c1. The van der Waals surface area contributed by atoms with E-state index >= 15 is 0 Å². The summed E-state index contributed by atoms with van der Waals surface area (Å²) < 4.78 is 5.16. The molecule has 22 heavy (non-hydrogen) atoms. The van der Waals surface area contributed by atoms with Gasteiger partial charge in [-0.15, -0.1) is 0 Å². The van der Waals surface area contributed by atoms with E-state index in [4.69, 9.17) is 22.1 Å². The number of anilines is 2. The fraction of sp³-hybridized carbons (Fsp3) is 0.375. The first kappa shape index (κ1) is 14.9. The van der Waals surface area contributed by atoms with Gasteiger partial charge in [-0.2, -0.15) is 0 Å². The second kappa shape index (κ2) is 6.01. The monoisotopic (exact) mass is 318 g/mol. The molecule has 1 saturated carbocycles. The van der Waals surface area contributed by atoms with Crippen molar-refractivity contribution in [1.29, 1.82) is 0 Å². The van der Waals surface area contributed by atoms with Gasteiger partial charge in [0.1, 0.15) is 23.5 Å². The molecule has 3 N–H and O–H groups in total. The molecule has 0 aliphatic heterocycles. The summed E-state index contributed by atoms with van der Waals surface area (Å²) in [4.78, 5) is 8.55. The number of nitrogens with two attached hydrogens (primary N) is 1. The zero-order chi connectivity index (χ0) is 15.7. The van der Waals surface area contributed by atoms with Crippen LogP contribution in [-0.2, 0) is 0 Å². The van der Waals surface area contributed by atoms with Gasteiger partial charge in [-0.1, -0.05) is 11.6 Å². The number of hydrogen-bond acceptors (Lipinski definition) is 5. The summed E-state index contributed by atoms with van der Waals surface area (Å²) in [5.74, 6) is 2.07. The van der Waals surface area contributed by atoms with E-state index in [9.17, 15) is 0 Å². The third-order valence-electron chi connectivity index (χ3n) is 4.01. The Morgan fingerprint density at radius 2 is 2.14 bits per heavy atom. The zero-order valence-electron chi connectivity index (χ0n) is 12.6. The van der Waals surface area contributed by atoms with Crippen molar-refractivity contribution in [1.82, 2.24) is 9.97 Å². The van der Waals surface area contributed by atoms with Crippen LogP contribution in [0.4, 0.5) is 11.5 Å². The number of halogens is 1. The Hall–Kier alpha value is -2.01. The smallest absolute Gasteiger partial charge is 0.153 e. The molecule has 1 heterocycles. The number of nitrogens with one attached hydrogen (secondary N) is 1. The maximum absolute atomic E-state index is 6.32. The van der Waals surface area contributed by atoms with Gasteiger partial charge in [0.15, 0.2) is 5.82 Å². The minimum Gasteiger partial charge on any atom is -0.497 e. The van der Waals surface area contributed by atoms with E-state index in [1.54, 1.807) is 13.2 Å². The molecular formula is C16H19ClN4O. The Balaban J connectivity index is 1.93. The fourth-order valence-corrected chi connectivity index (χ4v) is 2.73. The number of methoxy groups -OCH3 is 1. The third-order valence-corrected chi connectivity index (χ3v) is 4.32. The summed E-state index contributed by atoms with van der Waals surface area (Å²) in [6, 6.07) is 5.80. The minimum atomic E-state index is 0.358. The lowest BCUT2D eigenvalue weighted by Gasteiger charge is -2.16. The van der Waals surface area contributed by atoms with Gasteiger partial charge in [0.2, 0.25) is 0 Å². The van der Waals surface area contributed by atoms with E-state index in [1.807, 2.05) is 12.1 Å². The molecule has 0 spiro atoms. The molecule has 1 aliphatic carbocycles. The van der Waals surface area contributed by atoms with Crippen LogP contribution in [0.2, 0.25) is 5.02 Å². The number of aromatic nitrogens is 2. The Kier molecular flexibility index (Phi) is 4.07. The summed E-state index contributed by atoms with van der Waals surface area (Å²) in [6.45, 7) is 2.15. The van der Waals surface area contributed by atoms with Crippen LogP contribution in [0.25, 0.3) is 11.3 Å². The van der Waals surface area contributed by atoms with Gasteiger partial charge in [0.25, 0.3) is 0 Å². The third kappa shape index (κ3) is 2.95. The van der Waals surface area contributed by atoms with Crippen molar-refractivity contribution in [2.75, 3.05) is 18.2 Å². The first-order valence-electron chi connectivity index (χ1n) is 7.31. The van der Waals surface area contributed by atoms with Gasteiger partial charge in [0.05, 0.1) is 12.1 Å². The lowest BCUT2D eigenvalue weighted by molar-refractivity contribution is 0.415. The molecule has 0 unspecified atom stereocenters. The minimum absolute atomic E-state index is 0.358. The highest BCUT2D eigenvalue weighted by atomic mass is 35.5. The second-order valence-electron chi connectivity index (χ2n) is 5.60. The quantitative estimate of drug-likeness (QED) is 0.881. The van der Waals surface area contributed by atoms with Gasteiger partial charge in [-0.05, 0) is 43.9 Å². The van der Waals surface area contributed by atoms with Crippen LogP contribution >= 0.6 is 11.6 Å². The standard InChI is InChI=1S/C16H19ClN4O/c1-9(10-3-4-10)21-16-14(18)15(19-8-20-16)12-6-5-11(22-2)7-13(12)17/h5-10H,3-4,18H2,1-2H3,(H,19,20,21)/t9-/m1/s1. The summed E-state index contributed by atoms with van der Waals surface area (Å²) >= 11 is 6.32. The van der Waals surface area contributed by atoms with Crippen LogP contribution in [0.15, 0.2) is 24.5 Å². The molecule has 0 radical (unpaired) electrons. The van der Waals surface area contributed by atoms with Crippen LogP contribution in [-0.4, -0.2) is 23.1 Å². The predicted octanol–water partition coefficient (Wildman–Crippen LogP) is 3.60. The average molecular weight is 319 g/mol. The molecule has 0 bridgehead atoms. The summed E-state index contributed by atoms with van der Waals surface area (Å²) in [5, 5.41) is 3.93. The topological polar surface area (TPSA) is 73.1 Å². The molecule has 2 aromatic rings. The van der Waals surface area contributed by atoms with Crippen LogP contribution < -0.4 is 15.8 Å². The molecule has 1 fully saturated rings. The number of nitrogen functional groups attached to an aromatic ring is 1. The Morgan fingerprint density at radius 3 is 2.77 bits per heavy atom. The highest BCUT2D eigenvalue weighted by Gasteiger charge is 2.28. The molecule has 6 heteroatoms. The van der Waals surface area contributed by atoms with Crippen molar-refractivity contribution in [3.05, 3.63) is 29.5 Å². The van der Waals surface area contributed by atoms with Crippen LogP contribution in [0, 0.1) is 5.92 Å². The first-order valence-corrected chi connectivity index (χ1v) is 7.69. The van der Waals surface area contributed by atoms with Gasteiger partial charge in [-0.3, -0.25) is 0 Å². The highest BCUT2D eigenvalue weighted by molar-refractivity contribution is 6.33. The molecule has 3 rings (SSSR count). The number of hydrogen-bond donors (Lipinski definition) is 2. The molecule has 0 saturated heterocycles. The van der Waals surface area contributed by atoms with Crippen molar-refractivity contribution >= 4 is 23.1 Å². The van der Waals surface area contributed by atoms with Gasteiger partial charge in [-0.25, -0.2) is 9.97 Å². The van der Waals surface area contributed by atoms with Gasteiger partial charge in [0, 0.05) is 11.6 Å². The van der Waals surface area contributed by atoms with E-state index in [2.05, 4.69) is 22.2 Å². The van der Waals surface area contributed by atoms with Crippen molar-refractivity contribution < 1.29 is 4.74 Å². The van der Waals surface area contributed by atoms with Gasteiger partial charge >= 0.3 is 0 Å². The number of rotatable bonds is 5. The van der Waals surface area contributed by atoms with E-state index in [-0.39, 0.29) is 0 Å². The van der Waals surface area contributed by atoms with E-state index in [0.717, 1.165) is 5.56 Å². The lowest BCUT2D eigenvalue weighted by Crippen LogP contribution is -2.19. The Morgan fingerprint density at radius 1 is 1.36 bits per heavy atom. The molecule has 1 aliphatic rings. The summed E-state index contributed by atoms with van der Waals surface area (Å²) in [5.41, 5.74) is 8.16. The van der Waals surface area contributed by atoms with Crippen LogP contribution in [0.1, 0.15) is 19.8 Å². The van der Waals surface area contributed by atoms with E-state index < -0.39 is 0 Å². The summed E-state index contributed by atoms with van der Waals surface area (Å²) in [7, 11) is 1.60. The molecule has 1 aromatic carbocycles. The number of nitrogens with zero attached hydrogens (tertiary/aromatic N) is 2. The Labute approximate surface area is 134 Å². The fourth-order valence-electron chi connectivity index (χ4n) is 2.47. The first-order chi connectivity index (χ1) is 10.6. The average Bonchev–Trinajstić information content (AvgIpc) is 3.34. The Bertz CT molecular complexity index is 688. The largest absolute Gasteiger partial charge is 0.497 e. The molecule has 1 aromatic heterocycles. The number of ether oxygens (including phenoxy) is 1. The highest BCUT2D eigenvalue weighted by Crippen LogP contribution is 2.37. The normalized spacial score (nSPS) is 15.4. The van der Waals surface area contributed by atoms with E-state index in [1.165, 1.54) is 19.2 Å². The van der Waals surface area contributed by atoms with Crippen molar-refractivity contribution in [3.63, 3.8) is 0 Å². The van der Waals surface area contributed by atoms with Crippen molar-refractivity contribution in [2.45, 2.75) is 25.8 Å². The molecule has 0 amide bonds. The van der Waals surface area contributed by atoms with E-state index in [0.29, 0.717) is 39.9 Å². The summed E-state index contributed by atoms with van der Waals surface area (Å²) in [6.07, 6.45) is 4.03. The maximum Gasteiger partial charge on any atom is 0.153 e. The lowest BCUT2D eigenvalue weighted by atomic mass is 10.1. The molecule has 5 nitrogen and oxygen atoms in total. The van der Waals surface area contributed by atoms with Crippen LogP contribution in [0.5, 0.6) is 5.75 Å². The zero-order valence-corrected chi connectivity index (χ0v) is 13.4. The second-order valence-corrected chi connectivity index (χ2v) is 6.01. The molecular weight excluding hydrogens is 300 g/mol. The molecule has 1 atom stereocenters.